The zero-order valence-electron chi connectivity index (χ0n) is 11.4. The Balaban J connectivity index is 2.44. The van der Waals surface area contributed by atoms with Crippen molar-refractivity contribution in [1.82, 2.24) is 10.2 Å². The molecule has 1 unspecified atom stereocenters. The molecule has 0 aromatic rings. The van der Waals surface area contributed by atoms with Crippen molar-refractivity contribution in [2.75, 3.05) is 32.8 Å². The summed E-state index contributed by atoms with van der Waals surface area (Å²) in [6.45, 7) is 14.1. The summed E-state index contributed by atoms with van der Waals surface area (Å²) in [4.78, 5) is 2.55. The van der Waals surface area contributed by atoms with Crippen LogP contribution in [0.5, 0.6) is 0 Å². The molecule has 96 valence electrons. The molecular formula is C13H28N2O. The predicted octanol–water partition coefficient (Wildman–Crippen LogP) is 1.88. The lowest BCUT2D eigenvalue weighted by molar-refractivity contribution is -0.0342. The Bertz CT molecular complexity index is 194. The van der Waals surface area contributed by atoms with Crippen LogP contribution in [0.1, 0.15) is 40.5 Å². The van der Waals surface area contributed by atoms with Crippen LogP contribution in [0, 0.1) is 0 Å². The van der Waals surface area contributed by atoms with Crippen LogP contribution in [-0.4, -0.2) is 49.3 Å². The molecule has 0 aromatic carbocycles. The van der Waals surface area contributed by atoms with E-state index in [4.69, 9.17) is 4.74 Å². The lowest BCUT2D eigenvalue weighted by atomic mass is 10.1. The third-order valence-corrected chi connectivity index (χ3v) is 3.19. The minimum Gasteiger partial charge on any atom is -0.375 e. The van der Waals surface area contributed by atoms with Gasteiger partial charge in [-0.15, -0.1) is 0 Å². The van der Waals surface area contributed by atoms with Crippen LogP contribution >= 0.6 is 0 Å². The molecule has 1 heterocycles. The zero-order valence-corrected chi connectivity index (χ0v) is 11.4. The van der Waals surface area contributed by atoms with E-state index < -0.39 is 0 Å². The molecular weight excluding hydrogens is 200 g/mol. The van der Waals surface area contributed by atoms with Gasteiger partial charge in [0.1, 0.15) is 0 Å². The Hall–Kier alpha value is -0.120. The third kappa shape index (κ3) is 4.81. The van der Waals surface area contributed by atoms with Crippen molar-refractivity contribution in [1.29, 1.82) is 0 Å². The molecule has 16 heavy (non-hydrogen) atoms. The maximum atomic E-state index is 5.78. The summed E-state index contributed by atoms with van der Waals surface area (Å²) >= 11 is 0. The number of nitrogens with one attached hydrogen (secondary N) is 1. The third-order valence-electron chi connectivity index (χ3n) is 3.19. The zero-order chi connectivity index (χ0) is 12.0. The van der Waals surface area contributed by atoms with E-state index in [0.29, 0.717) is 6.04 Å². The molecule has 1 rings (SSSR count). The van der Waals surface area contributed by atoms with E-state index >= 15 is 0 Å². The second-order valence-electron chi connectivity index (χ2n) is 5.34. The lowest BCUT2D eigenvalue weighted by Crippen LogP contribution is -2.44. The number of nitrogens with zero attached hydrogens (tertiary/aromatic N) is 1. The molecule has 1 aliphatic rings. The van der Waals surface area contributed by atoms with Gasteiger partial charge in [-0.1, -0.05) is 6.92 Å². The number of hydrogen-bond acceptors (Lipinski definition) is 3. The SMILES string of the molecule is CCOC(C)(C)CN1CCCNC(CC)C1. The van der Waals surface area contributed by atoms with E-state index in [1.807, 2.05) is 0 Å². The summed E-state index contributed by atoms with van der Waals surface area (Å²) in [6.07, 6.45) is 2.46. The Morgan fingerprint density at radius 2 is 2.12 bits per heavy atom. The average Bonchev–Trinajstić information content (AvgIpc) is 2.42. The number of rotatable bonds is 5. The fraction of sp³-hybridized carbons (Fsp3) is 1.00. The van der Waals surface area contributed by atoms with Crippen molar-refractivity contribution in [3.63, 3.8) is 0 Å². The highest BCUT2D eigenvalue weighted by molar-refractivity contribution is 4.80. The standard InChI is InChI=1S/C13H28N2O/c1-5-12-10-15(9-7-8-14-12)11-13(3,4)16-6-2/h12,14H,5-11H2,1-4H3. The van der Waals surface area contributed by atoms with Gasteiger partial charge in [0.15, 0.2) is 0 Å². The van der Waals surface area contributed by atoms with Crippen molar-refractivity contribution >= 4 is 0 Å². The second kappa shape index (κ2) is 6.58. The normalized spacial score (nSPS) is 24.4. The van der Waals surface area contributed by atoms with Crippen LogP contribution in [0.15, 0.2) is 0 Å². The van der Waals surface area contributed by atoms with E-state index in [0.717, 1.165) is 26.2 Å². The Morgan fingerprint density at radius 3 is 2.75 bits per heavy atom. The number of ether oxygens (including phenoxy) is 1. The van der Waals surface area contributed by atoms with Gasteiger partial charge in [0.05, 0.1) is 5.60 Å². The first kappa shape index (κ1) is 13.9. The van der Waals surface area contributed by atoms with Gasteiger partial charge in [-0.2, -0.15) is 0 Å². The molecule has 3 heteroatoms. The number of hydrogen-bond donors (Lipinski definition) is 1. The van der Waals surface area contributed by atoms with E-state index in [9.17, 15) is 0 Å². The van der Waals surface area contributed by atoms with Gasteiger partial charge in [-0.3, -0.25) is 4.90 Å². The molecule has 0 spiro atoms. The van der Waals surface area contributed by atoms with Crippen molar-refractivity contribution in [3.05, 3.63) is 0 Å². The molecule has 1 N–H and O–H groups in total. The van der Waals surface area contributed by atoms with Crippen molar-refractivity contribution < 1.29 is 4.74 Å². The van der Waals surface area contributed by atoms with Crippen LogP contribution in [-0.2, 0) is 4.74 Å². The first-order valence-electron chi connectivity index (χ1n) is 6.67. The molecule has 0 radical (unpaired) electrons. The van der Waals surface area contributed by atoms with Gasteiger partial charge < -0.3 is 10.1 Å². The highest BCUT2D eigenvalue weighted by atomic mass is 16.5. The van der Waals surface area contributed by atoms with Crippen molar-refractivity contribution in [3.8, 4) is 0 Å². The smallest absolute Gasteiger partial charge is 0.0752 e. The summed E-state index contributed by atoms with van der Waals surface area (Å²) in [5.74, 6) is 0. The van der Waals surface area contributed by atoms with Crippen LogP contribution in [0.2, 0.25) is 0 Å². The van der Waals surface area contributed by atoms with Gasteiger partial charge in [0, 0.05) is 25.7 Å². The van der Waals surface area contributed by atoms with Gasteiger partial charge >= 0.3 is 0 Å². The molecule has 1 saturated heterocycles. The summed E-state index contributed by atoms with van der Waals surface area (Å²) < 4.78 is 5.78. The molecule has 0 aliphatic carbocycles. The summed E-state index contributed by atoms with van der Waals surface area (Å²) in [6, 6.07) is 0.653. The Morgan fingerprint density at radius 1 is 1.38 bits per heavy atom. The summed E-state index contributed by atoms with van der Waals surface area (Å²) in [7, 11) is 0. The van der Waals surface area contributed by atoms with Gasteiger partial charge in [-0.05, 0) is 46.7 Å². The molecule has 1 aliphatic heterocycles. The first-order chi connectivity index (χ1) is 7.57. The fourth-order valence-corrected chi connectivity index (χ4v) is 2.47. The second-order valence-corrected chi connectivity index (χ2v) is 5.34. The largest absolute Gasteiger partial charge is 0.375 e. The highest BCUT2D eigenvalue weighted by Crippen LogP contribution is 2.13. The maximum absolute atomic E-state index is 5.78. The van der Waals surface area contributed by atoms with E-state index in [-0.39, 0.29) is 5.60 Å². The molecule has 0 amide bonds. The van der Waals surface area contributed by atoms with Crippen molar-refractivity contribution in [2.24, 2.45) is 0 Å². The summed E-state index contributed by atoms with van der Waals surface area (Å²) in [5.41, 5.74) is -0.0165. The lowest BCUT2D eigenvalue weighted by Gasteiger charge is -2.33. The monoisotopic (exact) mass is 228 g/mol. The van der Waals surface area contributed by atoms with Crippen LogP contribution < -0.4 is 5.32 Å². The molecule has 0 aromatic heterocycles. The Kier molecular flexibility index (Phi) is 5.73. The van der Waals surface area contributed by atoms with Gasteiger partial charge in [0.2, 0.25) is 0 Å². The van der Waals surface area contributed by atoms with E-state index in [2.05, 4.69) is 37.9 Å². The highest BCUT2D eigenvalue weighted by Gasteiger charge is 2.24. The van der Waals surface area contributed by atoms with Crippen LogP contribution in [0.25, 0.3) is 0 Å². The summed E-state index contributed by atoms with van der Waals surface area (Å²) in [5, 5.41) is 3.60. The molecule has 3 nitrogen and oxygen atoms in total. The van der Waals surface area contributed by atoms with Gasteiger partial charge in [0.25, 0.3) is 0 Å². The van der Waals surface area contributed by atoms with Crippen LogP contribution in [0.3, 0.4) is 0 Å². The molecule has 1 fully saturated rings. The minimum atomic E-state index is -0.0165. The molecule has 0 bridgehead atoms. The Labute approximate surface area is 101 Å². The quantitative estimate of drug-likeness (QED) is 0.777. The van der Waals surface area contributed by atoms with E-state index in [1.165, 1.54) is 19.4 Å². The average molecular weight is 228 g/mol. The molecule has 1 atom stereocenters. The van der Waals surface area contributed by atoms with Crippen LogP contribution in [0.4, 0.5) is 0 Å². The minimum absolute atomic E-state index is 0.0165. The molecule has 0 saturated carbocycles. The predicted molar refractivity (Wildman–Crippen MR) is 68.8 cm³/mol. The van der Waals surface area contributed by atoms with Crippen molar-refractivity contribution in [2.45, 2.75) is 52.2 Å². The van der Waals surface area contributed by atoms with E-state index in [1.54, 1.807) is 0 Å². The fourth-order valence-electron chi connectivity index (χ4n) is 2.47. The maximum Gasteiger partial charge on any atom is 0.0752 e. The van der Waals surface area contributed by atoms with Gasteiger partial charge in [-0.25, -0.2) is 0 Å². The first-order valence-corrected chi connectivity index (χ1v) is 6.67. The topological polar surface area (TPSA) is 24.5 Å².